The Morgan fingerprint density at radius 3 is 1.70 bits per heavy atom. The number of thiocarbonyl (C=S) groups is 1. The molecule has 60 valence electrons. The molecule has 10 heavy (non-hydrogen) atoms. The fraction of sp³-hybridized carbons (Fsp3) is 0.800. The molecule has 0 bridgehead atoms. The van der Waals surface area contributed by atoms with E-state index in [1.807, 2.05) is 4.90 Å². The number of rotatable bonds is 2. The first-order valence-corrected chi connectivity index (χ1v) is 6.51. The van der Waals surface area contributed by atoms with Crippen LogP contribution in [0.1, 0.15) is 13.8 Å². The van der Waals surface area contributed by atoms with E-state index >= 15 is 0 Å². The standard InChI is InChI=1S/C5H11NS2.Mo.S/c1-3-6(4-2)5(7)8;;/h3-4H2,1-2H3,(H,7,8);;. The van der Waals surface area contributed by atoms with Gasteiger partial charge in [-0.05, 0) is 13.8 Å². The molecule has 0 aromatic carbocycles. The molecule has 0 aliphatic heterocycles. The summed E-state index contributed by atoms with van der Waals surface area (Å²) in [5.74, 6) is 0. The van der Waals surface area contributed by atoms with Crippen molar-refractivity contribution in [1.29, 1.82) is 0 Å². The maximum atomic E-state index is 4.81. The zero-order valence-corrected chi connectivity index (χ0v) is 10.6. The van der Waals surface area contributed by atoms with Crippen LogP contribution in [0.3, 0.4) is 0 Å². The van der Waals surface area contributed by atoms with Crippen LogP contribution in [0.2, 0.25) is 0 Å². The van der Waals surface area contributed by atoms with E-state index in [2.05, 4.69) is 36.3 Å². The molecule has 0 rings (SSSR count). The monoisotopic (exact) mass is 279 g/mol. The van der Waals surface area contributed by atoms with Crippen molar-refractivity contribution in [3.05, 3.63) is 0 Å². The first kappa shape index (κ1) is 13.7. The third-order valence-corrected chi connectivity index (χ3v) is 1.58. The summed E-state index contributed by atoms with van der Waals surface area (Å²) >= 11 is 10.3. The van der Waals surface area contributed by atoms with Crippen LogP contribution < -0.4 is 0 Å². The summed E-state index contributed by atoms with van der Waals surface area (Å²) in [6.07, 6.45) is 0. The molecule has 0 heterocycles. The van der Waals surface area contributed by atoms with Gasteiger partial charge in [0.15, 0.2) is 0 Å². The minimum atomic E-state index is 0.690. The first-order valence-electron chi connectivity index (χ1n) is 2.86. The minimum absolute atomic E-state index is 0.690. The van der Waals surface area contributed by atoms with Crippen molar-refractivity contribution in [3.63, 3.8) is 0 Å². The van der Waals surface area contributed by atoms with Crippen molar-refractivity contribution in [2.45, 2.75) is 13.8 Å². The van der Waals surface area contributed by atoms with Crippen molar-refractivity contribution < 1.29 is 18.0 Å². The Morgan fingerprint density at radius 1 is 1.40 bits per heavy atom. The Morgan fingerprint density at radius 2 is 1.70 bits per heavy atom. The normalized spacial score (nSPS) is 7.50. The van der Waals surface area contributed by atoms with Crippen LogP contribution in [-0.2, 0) is 18.0 Å². The van der Waals surface area contributed by atoms with Crippen molar-refractivity contribution in [1.82, 2.24) is 4.90 Å². The third-order valence-electron chi connectivity index (χ3n) is 1.03. The summed E-state index contributed by atoms with van der Waals surface area (Å²) in [4.78, 5) is 2.01. The van der Waals surface area contributed by atoms with Crippen LogP contribution >= 0.6 is 34.7 Å². The van der Waals surface area contributed by atoms with Crippen LogP contribution in [0.4, 0.5) is 0 Å². The van der Waals surface area contributed by atoms with E-state index in [4.69, 9.17) is 12.2 Å². The summed E-state index contributed by atoms with van der Waals surface area (Å²) < 4.78 is 0.690. The quantitative estimate of drug-likeness (QED) is 0.468. The SMILES string of the molecule is CCN(CC)C(=S)S.[S]=[Mo]. The predicted molar refractivity (Wildman–Crippen MR) is 52.1 cm³/mol. The molecule has 0 atom stereocenters. The summed E-state index contributed by atoms with van der Waals surface area (Å²) in [5.41, 5.74) is 0. The second kappa shape index (κ2) is 10.1. The van der Waals surface area contributed by atoms with Gasteiger partial charge in [-0.1, -0.05) is 12.2 Å². The second-order valence-electron chi connectivity index (χ2n) is 1.45. The molecule has 0 aliphatic rings. The molecule has 5 heteroatoms. The zero-order valence-electron chi connectivity index (χ0n) is 6.03. The third kappa shape index (κ3) is 7.26. The first-order chi connectivity index (χ1) is 4.72. The van der Waals surface area contributed by atoms with E-state index in [0.29, 0.717) is 4.32 Å². The summed E-state index contributed by atoms with van der Waals surface area (Å²) in [6, 6.07) is 0. The van der Waals surface area contributed by atoms with Gasteiger partial charge in [0.2, 0.25) is 0 Å². The maximum absolute atomic E-state index is 4.81. The molecule has 0 saturated carbocycles. The average molecular weight is 277 g/mol. The van der Waals surface area contributed by atoms with E-state index in [0.717, 1.165) is 13.1 Å². The number of nitrogens with zero attached hydrogens (tertiary/aromatic N) is 1. The molecular weight excluding hydrogens is 266 g/mol. The van der Waals surface area contributed by atoms with E-state index in [-0.39, 0.29) is 0 Å². The van der Waals surface area contributed by atoms with Crippen molar-refractivity contribution in [3.8, 4) is 0 Å². The van der Waals surface area contributed by atoms with Gasteiger partial charge in [0.05, 0.1) is 0 Å². The van der Waals surface area contributed by atoms with E-state index in [9.17, 15) is 0 Å². The fourth-order valence-electron chi connectivity index (χ4n) is 0.494. The van der Waals surface area contributed by atoms with Gasteiger partial charge in [0, 0.05) is 13.1 Å². The van der Waals surface area contributed by atoms with Crippen LogP contribution in [0.5, 0.6) is 0 Å². The molecule has 0 spiro atoms. The van der Waals surface area contributed by atoms with Crippen molar-refractivity contribution in [2.24, 2.45) is 0 Å². The Kier molecular flexibility index (Phi) is 13.9. The molecule has 0 aromatic heterocycles. The molecule has 0 fully saturated rings. The van der Waals surface area contributed by atoms with E-state index in [1.165, 1.54) is 18.0 Å². The molecule has 0 aromatic rings. The van der Waals surface area contributed by atoms with Crippen LogP contribution in [-0.4, -0.2) is 22.3 Å². The molecule has 0 saturated heterocycles. The van der Waals surface area contributed by atoms with Crippen LogP contribution in [0.25, 0.3) is 0 Å². The summed E-state index contributed by atoms with van der Waals surface area (Å²) in [6.45, 7) is 6.04. The fourth-order valence-corrected chi connectivity index (χ4v) is 1.04. The molecule has 1 nitrogen and oxygen atoms in total. The van der Waals surface area contributed by atoms with Gasteiger partial charge in [0.25, 0.3) is 0 Å². The van der Waals surface area contributed by atoms with Crippen molar-refractivity contribution in [2.75, 3.05) is 13.1 Å². The molecule has 0 aliphatic carbocycles. The van der Waals surface area contributed by atoms with Gasteiger partial charge in [-0.2, -0.15) is 0 Å². The van der Waals surface area contributed by atoms with Crippen molar-refractivity contribution >= 4 is 39.0 Å². The van der Waals surface area contributed by atoms with Crippen LogP contribution in [0, 0.1) is 0 Å². The molecule has 0 unspecified atom stereocenters. The zero-order chi connectivity index (χ0) is 8.57. The molecule has 0 radical (unpaired) electrons. The van der Waals surface area contributed by atoms with E-state index < -0.39 is 0 Å². The van der Waals surface area contributed by atoms with E-state index in [1.54, 1.807) is 0 Å². The number of hydrogen-bond acceptors (Lipinski definition) is 2. The Bertz CT molecular complexity index is 94.9. The Balaban J connectivity index is 0. The number of thiol groups is 1. The second-order valence-corrected chi connectivity index (χ2v) is 2.57. The number of hydrogen-bond donors (Lipinski definition) is 1. The van der Waals surface area contributed by atoms with Gasteiger partial charge in [-0.15, -0.1) is 12.6 Å². The van der Waals surface area contributed by atoms with Gasteiger partial charge in [-0.25, -0.2) is 0 Å². The van der Waals surface area contributed by atoms with Gasteiger partial charge in [0.1, 0.15) is 4.32 Å². The predicted octanol–water partition coefficient (Wildman–Crippen LogP) is 2.19. The molecule has 0 amide bonds. The summed E-state index contributed by atoms with van der Waals surface area (Å²) in [5, 5.41) is 0. The van der Waals surface area contributed by atoms with Crippen LogP contribution in [0.15, 0.2) is 0 Å². The van der Waals surface area contributed by atoms with Gasteiger partial charge in [-0.3, -0.25) is 0 Å². The molecular formula is C5H11MoNS3. The van der Waals surface area contributed by atoms with Gasteiger partial charge < -0.3 is 4.90 Å². The Labute approximate surface area is 88.3 Å². The Hall–Kier alpha value is 1.15. The topological polar surface area (TPSA) is 3.24 Å². The van der Waals surface area contributed by atoms with Gasteiger partial charge >= 0.3 is 27.8 Å². The summed E-state index contributed by atoms with van der Waals surface area (Å²) in [7, 11) is 4.09. The average Bonchev–Trinajstić information content (AvgIpc) is 1.94. The molecule has 0 N–H and O–H groups in total.